The van der Waals surface area contributed by atoms with Crippen molar-refractivity contribution in [2.45, 2.75) is 6.36 Å². The molecule has 162 valence electrons. The van der Waals surface area contributed by atoms with Gasteiger partial charge in [0.2, 0.25) is 0 Å². The second-order valence-corrected chi connectivity index (χ2v) is 6.54. The Hall–Kier alpha value is -3.53. The highest BCUT2D eigenvalue weighted by Gasteiger charge is 2.31. The highest BCUT2D eigenvalue weighted by Crippen LogP contribution is 2.38. The van der Waals surface area contributed by atoms with E-state index in [1.807, 2.05) is 0 Å². The normalized spacial score (nSPS) is 11.8. The first kappa shape index (κ1) is 20.7. The van der Waals surface area contributed by atoms with E-state index in [4.69, 9.17) is 14.2 Å². The smallest absolute Gasteiger partial charge is 0.493 e. The van der Waals surface area contributed by atoms with Crippen LogP contribution in [0.25, 0.3) is 33.1 Å². The number of ether oxygens (including phenoxy) is 4. The number of nitrogens with one attached hydrogen (secondary N) is 1. The van der Waals surface area contributed by atoms with Crippen LogP contribution in [0.2, 0.25) is 0 Å². The molecular formula is C21H18F3N3O4. The molecule has 0 fully saturated rings. The number of alkyl halides is 3. The molecule has 10 heteroatoms. The van der Waals surface area contributed by atoms with Gasteiger partial charge in [0.05, 0.1) is 24.9 Å². The maximum atomic E-state index is 12.5. The summed E-state index contributed by atoms with van der Waals surface area (Å²) in [5.41, 5.74) is 2.41. The van der Waals surface area contributed by atoms with Gasteiger partial charge in [0.1, 0.15) is 18.7 Å². The number of hydrogen-bond acceptors (Lipinski definition) is 6. The molecule has 0 saturated carbocycles. The Morgan fingerprint density at radius 2 is 1.81 bits per heavy atom. The Bertz CT molecular complexity index is 1220. The predicted molar refractivity (Wildman–Crippen MR) is 107 cm³/mol. The lowest BCUT2D eigenvalue weighted by Crippen LogP contribution is -2.16. The van der Waals surface area contributed by atoms with E-state index < -0.39 is 6.36 Å². The summed E-state index contributed by atoms with van der Waals surface area (Å²) < 4.78 is 57.7. The summed E-state index contributed by atoms with van der Waals surface area (Å²) >= 11 is 0. The first-order valence-electron chi connectivity index (χ1n) is 9.21. The number of methoxy groups -OCH3 is 2. The maximum absolute atomic E-state index is 12.5. The Morgan fingerprint density at radius 1 is 0.968 bits per heavy atom. The highest BCUT2D eigenvalue weighted by molar-refractivity contribution is 6.03. The second kappa shape index (κ2) is 8.31. The molecule has 31 heavy (non-hydrogen) atoms. The summed E-state index contributed by atoms with van der Waals surface area (Å²) in [5, 5.41) is 1.39. The third-order valence-corrected chi connectivity index (χ3v) is 4.61. The van der Waals surface area contributed by atoms with Crippen molar-refractivity contribution in [1.82, 2.24) is 15.0 Å². The summed E-state index contributed by atoms with van der Waals surface area (Å²) in [7, 11) is 3.11. The fraction of sp³-hybridized carbons (Fsp3) is 0.238. The lowest BCUT2D eigenvalue weighted by molar-refractivity contribution is -0.274. The highest BCUT2D eigenvalue weighted by atomic mass is 19.4. The summed E-state index contributed by atoms with van der Waals surface area (Å²) in [6, 6.07) is 7.62. The minimum absolute atomic E-state index is 0.305. The first-order valence-corrected chi connectivity index (χ1v) is 9.21. The number of nitrogens with zero attached hydrogens (tertiary/aromatic N) is 2. The van der Waals surface area contributed by atoms with Crippen molar-refractivity contribution in [3.8, 4) is 28.5 Å². The molecule has 1 N–H and O–H groups in total. The van der Waals surface area contributed by atoms with Crippen molar-refractivity contribution in [3.63, 3.8) is 0 Å². The summed E-state index contributed by atoms with van der Waals surface area (Å²) in [4.78, 5) is 11.7. The van der Waals surface area contributed by atoms with Gasteiger partial charge < -0.3 is 23.9 Å². The van der Waals surface area contributed by atoms with Crippen LogP contribution in [0.1, 0.15) is 0 Å². The van der Waals surface area contributed by atoms with Crippen LogP contribution in [0, 0.1) is 0 Å². The molecule has 2 aromatic carbocycles. The second-order valence-electron chi connectivity index (χ2n) is 6.54. The molecule has 0 bridgehead atoms. The molecule has 7 nitrogen and oxygen atoms in total. The van der Waals surface area contributed by atoms with Gasteiger partial charge in [-0.15, -0.1) is 13.2 Å². The van der Waals surface area contributed by atoms with Gasteiger partial charge in [0.15, 0.2) is 11.5 Å². The standard InChI is InChI=1S/C21H18F3N3O4/c1-28-5-6-30-19-9-17-14(8-18(19)29-2)20(27-11-26-17)15-10-25-16-7-12(3-4-13(15)16)31-21(22,23)24/h3-4,7-11,25H,5-6H2,1-2H3. The van der Waals surface area contributed by atoms with Crippen molar-refractivity contribution in [1.29, 1.82) is 0 Å². The molecule has 0 aliphatic heterocycles. The molecule has 0 spiro atoms. The van der Waals surface area contributed by atoms with E-state index >= 15 is 0 Å². The van der Waals surface area contributed by atoms with E-state index in [0.29, 0.717) is 57.8 Å². The van der Waals surface area contributed by atoms with Crippen LogP contribution < -0.4 is 14.2 Å². The van der Waals surface area contributed by atoms with Gasteiger partial charge in [-0.05, 0) is 18.2 Å². The largest absolute Gasteiger partial charge is 0.573 e. The molecule has 0 aliphatic rings. The molecule has 0 amide bonds. The summed E-state index contributed by atoms with van der Waals surface area (Å²) in [6.07, 6.45) is -1.66. The number of H-pyrrole nitrogens is 1. The average Bonchev–Trinajstić information content (AvgIpc) is 3.14. The maximum Gasteiger partial charge on any atom is 0.573 e. The van der Waals surface area contributed by atoms with Crippen molar-refractivity contribution in [2.75, 3.05) is 27.4 Å². The van der Waals surface area contributed by atoms with Crippen molar-refractivity contribution in [3.05, 3.63) is 42.9 Å². The van der Waals surface area contributed by atoms with Gasteiger partial charge in [-0.2, -0.15) is 0 Å². The van der Waals surface area contributed by atoms with Crippen LogP contribution in [-0.4, -0.2) is 48.7 Å². The monoisotopic (exact) mass is 433 g/mol. The zero-order valence-corrected chi connectivity index (χ0v) is 16.6. The van der Waals surface area contributed by atoms with E-state index in [1.165, 1.54) is 25.6 Å². The van der Waals surface area contributed by atoms with Crippen LogP contribution in [0.5, 0.6) is 17.2 Å². The lowest BCUT2D eigenvalue weighted by atomic mass is 10.0. The Labute approximate surface area is 174 Å². The number of rotatable bonds is 7. The fourth-order valence-corrected chi connectivity index (χ4v) is 3.28. The summed E-state index contributed by atoms with van der Waals surface area (Å²) in [5.74, 6) is 0.713. The van der Waals surface area contributed by atoms with E-state index in [-0.39, 0.29) is 5.75 Å². The Balaban J connectivity index is 1.78. The van der Waals surface area contributed by atoms with Crippen LogP contribution in [0.15, 0.2) is 42.9 Å². The average molecular weight is 433 g/mol. The molecule has 0 atom stereocenters. The van der Waals surface area contributed by atoms with Gasteiger partial charge >= 0.3 is 6.36 Å². The van der Waals surface area contributed by atoms with Gasteiger partial charge in [-0.3, -0.25) is 0 Å². The lowest BCUT2D eigenvalue weighted by Gasteiger charge is -2.13. The fourth-order valence-electron chi connectivity index (χ4n) is 3.28. The van der Waals surface area contributed by atoms with Crippen molar-refractivity contribution >= 4 is 21.8 Å². The van der Waals surface area contributed by atoms with Crippen LogP contribution in [-0.2, 0) is 4.74 Å². The molecule has 0 unspecified atom stereocenters. The van der Waals surface area contributed by atoms with Crippen molar-refractivity contribution in [2.24, 2.45) is 0 Å². The summed E-state index contributed by atoms with van der Waals surface area (Å²) in [6.45, 7) is 0.771. The predicted octanol–water partition coefficient (Wildman–Crippen LogP) is 4.71. The third kappa shape index (κ3) is 4.33. The van der Waals surface area contributed by atoms with Crippen LogP contribution in [0.4, 0.5) is 13.2 Å². The van der Waals surface area contributed by atoms with Gasteiger partial charge in [0, 0.05) is 47.3 Å². The molecule has 2 heterocycles. The van der Waals surface area contributed by atoms with E-state index in [0.717, 1.165) is 0 Å². The molecule has 0 aliphatic carbocycles. The number of fused-ring (bicyclic) bond motifs is 2. The number of aromatic nitrogens is 3. The van der Waals surface area contributed by atoms with E-state index in [2.05, 4.69) is 19.7 Å². The molecular weight excluding hydrogens is 415 g/mol. The number of benzene rings is 2. The zero-order chi connectivity index (χ0) is 22.0. The number of hydrogen-bond donors (Lipinski definition) is 1. The molecule has 0 radical (unpaired) electrons. The molecule has 2 aromatic heterocycles. The van der Waals surface area contributed by atoms with Crippen LogP contribution in [0.3, 0.4) is 0 Å². The van der Waals surface area contributed by atoms with Gasteiger partial charge in [0.25, 0.3) is 0 Å². The minimum Gasteiger partial charge on any atom is -0.493 e. The number of halogens is 3. The minimum atomic E-state index is -4.76. The Morgan fingerprint density at radius 3 is 2.55 bits per heavy atom. The zero-order valence-electron chi connectivity index (χ0n) is 16.6. The molecule has 4 rings (SSSR count). The van der Waals surface area contributed by atoms with Crippen LogP contribution >= 0.6 is 0 Å². The first-order chi connectivity index (χ1) is 14.9. The van der Waals surface area contributed by atoms with Gasteiger partial charge in [-0.1, -0.05) is 0 Å². The molecule has 4 aromatic rings. The third-order valence-electron chi connectivity index (χ3n) is 4.61. The number of aromatic amines is 1. The van der Waals surface area contributed by atoms with Gasteiger partial charge in [-0.25, -0.2) is 9.97 Å². The van der Waals surface area contributed by atoms with E-state index in [1.54, 1.807) is 31.5 Å². The van der Waals surface area contributed by atoms with Crippen molar-refractivity contribution < 1.29 is 32.1 Å². The Kier molecular flexibility index (Phi) is 5.55. The quantitative estimate of drug-likeness (QED) is 0.426. The topological polar surface area (TPSA) is 78.5 Å². The SMILES string of the molecule is COCCOc1cc2ncnc(-c3c[nH]c4cc(OC(F)(F)F)ccc34)c2cc1OC. The molecule has 0 saturated heterocycles. The van der Waals surface area contributed by atoms with E-state index in [9.17, 15) is 13.2 Å².